The lowest BCUT2D eigenvalue weighted by molar-refractivity contribution is -0.117. The van der Waals surface area contributed by atoms with Crippen molar-refractivity contribution in [1.29, 1.82) is 0 Å². The predicted octanol–water partition coefficient (Wildman–Crippen LogP) is 3.21. The molecule has 86 valence electrons. The Morgan fingerprint density at radius 2 is 1.94 bits per heavy atom. The highest BCUT2D eigenvalue weighted by Gasteiger charge is 2.10. The van der Waals surface area contributed by atoms with E-state index in [1.54, 1.807) is 0 Å². The predicted molar refractivity (Wildman–Crippen MR) is 69.3 cm³/mol. The van der Waals surface area contributed by atoms with Gasteiger partial charge in [-0.3, -0.25) is 4.79 Å². The summed E-state index contributed by atoms with van der Waals surface area (Å²) < 4.78 is 0. The highest BCUT2D eigenvalue weighted by atomic mass is 32.2. The first kappa shape index (κ1) is 12.8. The molecule has 1 N–H and O–H groups in total. The molecule has 0 heterocycles. The molecule has 0 atom stereocenters. The van der Waals surface area contributed by atoms with E-state index >= 15 is 0 Å². The molecule has 0 aliphatic carbocycles. The summed E-state index contributed by atoms with van der Waals surface area (Å²) in [6.07, 6.45) is 1.84. The lowest BCUT2D eigenvalue weighted by Crippen LogP contribution is -2.30. The van der Waals surface area contributed by atoms with E-state index in [-0.39, 0.29) is 11.9 Å². The van der Waals surface area contributed by atoms with E-state index in [4.69, 9.17) is 0 Å². The van der Waals surface area contributed by atoms with Crippen LogP contribution in [0.25, 0.3) is 0 Å². The van der Waals surface area contributed by atoms with E-state index in [2.05, 4.69) is 5.32 Å². The second kappa shape index (κ2) is 6.38. The summed E-state index contributed by atoms with van der Waals surface area (Å²) in [7, 11) is 0. The Morgan fingerprint density at radius 3 is 2.44 bits per heavy atom. The average Bonchev–Trinajstić information content (AvgIpc) is 2.26. The molecule has 1 aromatic carbocycles. The van der Waals surface area contributed by atoms with E-state index in [1.807, 2.05) is 57.2 Å². The maximum atomic E-state index is 11.8. The van der Waals surface area contributed by atoms with Crippen LogP contribution >= 0.6 is 11.8 Å². The largest absolute Gasteiger partial charge is 0.349 e. The number of carbonyl (C=O) groups is 1. The van der Waals surface area contributed by atoms with E-state index in [1.165, 1.54) is 11.8 Å². The third-order valence-electron chi connectivity index (χ3n) is 1.88. The van der Waals surface area contributed by atoms with Crippen molar-refractivity contribution in [3.8, 4) is 0 Å². The molecule has 0 spiro atoms. The number of amides is 1. The van der Waals surface area contributed by atoms with Gasteiger partial charge in [-0.1, -0.05) is 36.0 Å². The first-order valence-electron chi connectivity index (χ1n) is 5.33. The second-order valence-corrected chi connectivity index (χ2v) is 4.81. The number of hydrogen-bond acceptors (Lipinski definition) is 2. The van der Waals surface area contributed by atoms with Crippen LogP contribution in [0.3, 0.4) is 0 Å². The molecule has 0 aromatic heterocycles. The van der Waals surface area contributed by atoms with E-state index < -0.39 is 0 Å². The minimum absolute atomic E-state index is 0.00801. The summed E-state index contributed by atoms with van der Waals surface area (Å²) in [4.78, 5) is 13.6. The van der Waals surface area contributed by atoms with Gasteiger partial charge in [-0.2, -0.15) is 0 Å². The van der Waals surface area contributed by atoms with Crippen molar-refractivity contribution in [2.45, 2.75) is 31.7 Å². The van der Waals surface area contributed by atoms with Gasteiger partial charge in [0.05, 0.1) is 4.91 Å². The van der Waals surface area contributed by atoms with Crippen molar-refractivity contribution in [2.75, 3.05) is 0 Å². The van der Waals surface area contributed by atoms with Crippen molar-refractivity contribution in [3.05, 3.63) is 41.3 Å². The molecule has 0 saturated carbocycles. The zero-order valence-electron chi connectivity index (χ0n) is 9.86. The van der Waals surface area contributed by atoms with Crippen LogP contribution in [0.15, 0.2) is 46.2 Å². The molecule has 1 amide bonds. The highest BCUT2D eigenvalue weighted by molar-refractivity contribution is 8.04. The number of benzene rings is 1. The van der Waals surface area contributed by atoms with Gasteiger partial charge in [0.15, 0.2) is 0 Å². The van der Waals surface area contributed by atoms with Gasteiger partial charge in [-0.15, -0.1) is 0 Å². The van der Waals surface area contributed by atoms with Crippen LogP contribution in [0.1, 0.15) is 20.8 Å². The van der Waals surface area contributed by atoms with Crippen LogP contribution in [0.4, 0.5) is 0 Å². The Balaban J connectivity index is 2.67. The molecule has 1 aromatic rings. The Kier molecular flexibility index (Phi) is 5.12. The topological polar surface area (TPSA) is 29.1 Å². The summed E-state index contributed by atoms with van der Waals surface area (Å²) >= 11 is 1.49. The molecule has 3 heteroatoms. The molecule has 2 nitrogen and oxygen atoms in total. The fourth-order valence-corrected chi connectivity index (χ4v) is 2.00. The van der Waals surface area contributed by atoms with Gasteiger partial charge in [0.2, 0.25) is 0 Å². The molecule has 0 aliphatic rings. The number of allylic oxidation sites excluding steroid dienone is 1. The summed E-state index contributed by atoms with van der Waals surface area (Å²) in [5.41, 5.74) is 0. The first-order chi connectivity index (χ1) is 7.63. The van der Waals surface area contributed by atoms with Crippen molar-refractivity contribution >= 4 is 17.7 Å². The zero-order chi connectivity index (χ0) is 12.0. The van der Waals surface area contributed by atoms with Gasteiger partial charge in [0.1, 0.15) is 0 Å². The van der Waals surface area contributed by atoms with E-state index in [0.29, 0.717) is 0 Å². The minimum Gasteiger partial charge on any atom is -0.349 e. The third-order valence-corrected chi connectivity index (χ3v) is 3.03. The third kappa shape index (κ3) is 4.11. The first-order valence-corrected chi connectivity index (χ1v) is 6.15. The number of thioether (sulfide) groups is 1. The molecule has 0 bridgehead atoms. The molecule has 1 rings (SSSR count). The maximum Gasteiger partial charge on any atom is 0.257 e. The molecular weight excluding hydrogens is 218 g/mol. The van der Waals surface area contributed by atoms with Crippen LogP contribution < -0.4 is 5.32 Å². The number of nitrogens with one attached hydrogen (secondary N) is 1. The van der Waals surface area contributed by atoms with Gasteiger partial charge >= 0.3 is 0 Å². The van der Waals surface area contributed by atoms with Gasteiger partial charge in [-0.25, -0.2) is 0 Å². The number of carbonyl (C=O) groups excluding carboxylic acids is 1. The fraction of sp³-hybridized carbons (Fsp3) is 0.308. The molecule has 0 aliphatic heterocycles. The minimum atomic E-state index is -0.00801. The molecule has 0 saturated heterocycles. The molecule has 0 radical (unpaired) electrons. The van der Waals surface area contributed by atoms with Crippen LogP contribution in [0.5, 0.6) is 0 Å². The van der Waals surface area contributed by atoms with Crippen molar-refractivity contribution in [3.63, 3.8) is 0 Å². The van der Waals surface area contributed by atoms with Gasteiger partial charge in [-0.05, 0) is 32.9 Å². The van der Waals surface area contributed by atoms with Gasteiger partial charge < -0.3 is 5.32 Å². The van der Waals surface area contributed by atoms with Crippen LogP contribution in [0, 0.1) is 0 Å². The van der Waals surface area contributed by atoms with Crippen molar-refractivity contribution in [1.82, 2.24) is 5.32 Å². The summed E-state index contributed by atoms with van der Waals surface area (Å²) in [6.45, 7) is 5.79. The van der Waals surface area contributed by atoms with E-state index in [9.17, 15) is 4.79 Å². The summed E-state index contributed by atoms with van der Waals surface area (Å²) in [5.74, 6) is -0.00801. The zero-order valence-corrected chi connectivity index (χ0v) is 10.7. The van der Waals surface area contributed by atoms with Crippen LogP contribution in [0.2, 0.25) is 0 Å². The maximum absolute atomic E-state index is 11.8. The monoisotopic (exact) mass is 235 g/mol. The summed E-state index contributed by atoms with van der Waals surface area (Å²) in [6, 6.07) is 10.1. The standard InChI is InChI=1S/C13H17NOS/c1-4-12(13(15)14-10(2)3)16-11-8-6-5-7-9-11/h4-10H,1-3H3,(H,14,15)/b12-4+. The molecule has 16 heavy (non-hydrogen) atoms. The Hall–Kier alpha value is -1.22. The summed E-state index contributed by atoms with van der Waals surface area (Å²) in [5, 5.41) is 2.89. The fourth-order valence-electron chi connectivity index (χ4n) is 1.19. The Bertz CT molecular complexity index is 371. The number of hydrogen-bond donors (Lipinski definition) is 1. The van der Waals surface area contributed by atoms with Crippen LogP contribution in [-0.4, -0.2) is 11.9 Å². The Morgan fingerprint density at radius 1 is 1.31 bits per heavy atom. The average molecular weight is 235 g/mol. The second-order valence-electron chi connectivity index (χ2n) is 3.70. The molecule has 0 unspecified atom stereocenters. The van der Waals surface area contributed by atoms with Crippen molar-refractivity contribution in [2.24, 2.45) is 0 Å². The Labute approximate surface area is 101 Å². The van der Waals surface area contributed by atoms with Gasteiger partial charge in [0, 0.05) is 10.9 Å². The quantitative estimate of drug-likeness (QED) is 0.641. The smallest absolute Gasteiger partial charge is 0.257 e. The van der Waals surface area contributed by atoms with Gasteiger partial charge in [0.25, 0.3) is 5.91 Å². The lowest BCUT2D eigenvalue weighted by Gasteiger charge is -2.10. The molecular formula is C13H17NOS. The van der Waals surface area contributed by atoms with E-state index in [0.717, 1.165) is 9.80 Å². The van der Waals surface area contributed by atoms with Crippen LogP contribution in [-0.2, 0) is 4.79 Å². The normalized spacial score (nSPS) is 11.6. The SMILES string of the molecule is C/C=C(/Sc1ccccc1)C(=O)NC(C)C. The highest BCUT2D eigenvalue weighted by Crippen LogP contribution is 2.26. The molecule has 0 fully saturated rings. The lowest BCUT2D eigenvalue weighted by atomic mass is 10.4. The number of rotatable bonds is 4. The van der Waals surface area contributed by atoms with Crippen molar-refractivity contribution < 1.29 is 4.79 Å².